The Bertz CT molecular complexity index is 771. The minimum Gasteiger partial charge on any atom is -0.266 e. The highest BCUT2D eigenvalue weighted by Gasteiger charge is 2.28. The molecule has 2 aromatic rings. The van der Waals surface area contributed by atoms with E-state index in [1.807, 2.05) is 19.2 Å². The lowest BCUT2D eigenvalue weighted by atomic mass is 10.0. The quantitative estimate of drug-likeness (QED) is 0.828. The van der Waals surface area contributed by atoms with Gasteiger partial charge in [0.05, 0.1) is 17.6 Å². The van der Waals surface area contributed by atoms with Crippen LogP contribution in [0, 0.1) is 5.92 Å². The molecule has 3 heterocycles. The van der Waals surface area contributed by atoms with Crippen molar-refractivity contribution < 1.29 is 8.42 Å². The Labute approximate surface area is 130 Å². The van der Waals surface area contributed by atoms with Gasteiger partial charge in [0.25, 0.3) is 0 Å². The summed E-state index contributed by atoms with van der Waals surface area (Å²) in [6, 6.07) is 3.87. The largest absolute Gasteiger partial charge is 0.266 e. The average molecular weight is 321 g/mol. The Kier molecular flexibility index (Phi) is 3.96. The predicted octanol–water partition coefficient (Wildman–Crippen LogP) is 0.701. The van der Waals surface area contributed by atoms with E-state index < -0.39 is 10.0 Å². The normalized spacial score (nSPS) is 19.6. The summed E-state index contributed by atoms with van der Waals surface area (Å²) < 4.78 is 26.5. The van der Waals surface area contributed by atoms with Crippen LogP contribution in [0.25, 0.3) is 11.4 Å². The van der Waals surface area contributed by atoms with Crippen molar-refractivity contribution in [2.24, 2.45) is 13.0 Å². The van der Waals surface area contributed by atoms with Gasteiger partial charge in [-0.05, 0) is 30.9 Å². The van der Waals surface area contributed by atoms with Crippen LogP contribution in [-0.2, 0) is 23.5 Å². The summed E-state index contributed by atoms with van der Waals surface area (Å²) in [5, 5.41) is 4.15. The molecule has 3 rings (SSSR count). The Morgan fingerprint density at radius 3 is 2.82 bits per heavy atom. The van der Waals surface area contributed by atoms with Gasteiger partial charge in [0, 0.05) is 32.0 Å². The maximum Gasteiger partial charge on any atom is 0.211 e. The van der Waals surface area contributed by atoms with Crippen LogP contribution in [0.15, 0.2) is 24.7 Å². The zero-order chi connectivity index (χ0) is 15.7. The van der Waals surface area contributed by atoms with Crippen molar-refractivity contribution >= 4 is 10.0 Å². The fourth-order valence-corrected chi connectivity index (χ4v) is 3.75. The van der Waals surface area contributed by atoms with Crippen molar-refractivity contribution in [1.82, 2.24) is 24.1 Å². The molecule has 1 aliphatic rings. The molecule has 0 bridgehead atoms. The van der Waals surface area contributed by atoms with Crippen molar-refractivity contribution in [2.75, 3.05) is 19.3 Å². The molecule has 0 aromatic carbocycles. The average Bonchev–Trinajstić information content (AvgIpc) is 3.07. The fraction of sp³-hybridized carbons (Fsp3) is 0.500. The molecule has 1 saturated heterocycles. The Morgan fingerprint density at radius 1 is 1.36 bits per heavy atom. The first-order valence-corrected chi connectivity index (χ1v) is 9.03. The highest BCUT2D eigenvalue weighted by Crippen LogP contribution is 2.23. The van der Waals surface area contributed by atoms with Gasteiger partial charge in [0.1, 0.15) is 6.33 Å². The van der Waals surface area contributed by atoms with Crippen molar-refractivity contribution in [1.29, 1.82) is 0 Å². The minimum atomic E-state index is -3.09. The van der Waals surface area contributed by atoms with Crippen molar-refractivity contribution in [3.63, 3.8) is 0 Å². The maximum absolute atomic E-state index is 11.6. The van der Waals surface area contributed by atoms with E-state index >= 15 is 0 Å². The van der Waals surface area contributed by atoms with Crippen LogP contribution in [0.3, 0.4) is 0 Å². The van der Waals surface area contributed by atoms with Crippen molar-refractivity contribution in [2.45, 2.75) is 12.8 Å². The van der Waals surface area contributed by atoms with Gasteiger partial charge in [-0.3, -0.25) is 4.68 Å². The highest BCUT2D eigenvalue weighted by molar-refractivity contribution is 7.88. The van der Waals surface area contributed by atoms with Gasteiger partial charge in [0.2, 0.25) is 10.0 Å². The molecule has 7 nitrogen and oxygen atoms in total. The summed E-state index contributed by atoms with van der Waals surface area (Å²) in [5.41, 5.74) is 2.71. The Morgan fingerprint density at radius 2 is 2.18 bits per heavy atom. The highest BCUT2D eigenvalue weighted by atomic mass is 32.2. The third-order valence-electron chi connectivity index (χ3n) is 4.02. The molecule has 0 saturated carbocycles. The van der Waals surface area contributed by atoms with Gasteiger partial charge < -0.3 is 0 Å². The van der Waals surface area contributed by atoms with E-state index in [-0.39, 0.29) is 0 Å². The van der Waals surface area contributed by atoms with Crippen LogP contribution in [0.5, 0.6) is 0 Å². The molecule has 0 radical (unpaired) electrons. The topological polar surface area (TPSA) is 81.0 Å². The number of sulfonamides is 1. The minimum absolute atomic E-state index is 0.309. The third-order valence-corrected chi connectivity index (χ3v) is 5.29. The van der Waals surface area contributed by atoms with Gasteiger partial charge in [-0.15, -0.1) is 0 Å². The van der Waals surface area contributed by atoms with E-state index in [1.165, 1.54) is 6.26 Å². The Balaban J connectivity index is 1.73. The third kappa shape index (κ3) is 3.17. The van der Waals surface area contributed by atoms with Crippen LogP contribution < -0.4 is 0 Å². The molecule has 8 heteroatoms. The second-order valence-electron chi connectivity index (χ2n) is 5.71. The second kappa shape index (κ2) is 5.77. The zero-order valence-electron chi connectivity index (χ0n) is 12.7. The molecule has 22 heavy (non-hydrogen) atoms. The van der Waals surface area contributed by atoms with Crippen LogP contribution in [-0.4, -0.2) is 51.8 Å². The molecular formula is C14H19N5O2S. The van der Waals surface area contributed by atoms with Gasteiger partial charge in [-0.2, -0.15) is 5.10 Å². The number of nitrogens with zero attached hydrogens (tertiary/aromatic N) is 5. The van der Waals surface area contributed by atoms with Gasteiger partial charge in [-0.1, -0.05) is 0 Å². The standard InChI is InChI=1S/C14H19N5O2S/c1-18-14(3-5-17-18)13-8-12(15-10-16-13)7-11-4-6-19(9-11)22(2,20)21/h3,5,8,10-11H,4,6-7,9H2,1-2H3/t11-/m0/s1. The predicted molar refractivity (Wildman–Crippen MR) is 82.5 cm³/mol. The molecule has 0 amide bonds. The van der Waals surface area contributed by atoms with Crippen LogP contribution >= 0.6 is 0 Å². The Hall–Kier alpha value is -1.80. The summed E-state index contributed by atoms with van der Waals surface area (Å²) in [7, 11) is -1.21. The SMILES string of the molecule is Cn1nccc1-c1cc(C[C@@H]2CCN(S(C)(=O)=O)C2)ncn1. The molecule has 1 atom stereocenters. The number of aromatic nitrogens is 4. The molecule has 0 unspecified atom stereocenters. The van der Waals surface area contributed by atoms with Gasteiger partial charge >= 0.3 is 0 Å². The number of rotatable bonds is 4. The lowest BCUT2D eigenvalue weighted by Crippen LogP contribution is -2.27. The smallest absolute Gasteiger partial charge is 0.211 e. The van der Waals surface area contributed by atoms with Gasteiger partial charge in [0.15, 0.2) is 0 Å². The molecule has 0 aliphatic carbocycles. The lowest BCUT2D eigenvalue weighted by Gasteiger charge is -2.13. The van der Waals surface area contributed by atoms with Crippen molar-refractivity contribution in [3.05, 3.63) is 30.4 Å². The lowest BCUT2D eigenvalue weighted by molar-refractivity contribution is 0.459. The molecule has 118 valence electrons. The second-order valence-corrected chi connectivity index (χ2v) is 7.70. The molecule has 0 N–H and O–H groups in total. The number of aryl methyl sites for hydroxylation is 1. The van der Waals surface area contributed by atoms with Crippen LogP contribution in [0.1, 0.15) is 12.1 Å². The van der Waals surface area contributed by atoms with E-state index in [4.69, 9.17) is 0 Å². The van der Waals surface area contributed by atoms with Crippen LogP contribution in [0.2, 0.25) is 0 Å². The molecule has 1 fully saturated rings. The summed E-state index contributed by atoms with van der Waals surface area (Å²) >= 11 is 0. The van der Waals surface area contributed by atoms with E-state index in [9.17, 15) is 8.42 Å². The van der Waals surface area contributed by atoms with E-state index in [2.05, 4.69) is 15.1 Å². The van der Waals surface area contributed by atoms with E-state index in [1.54, 1.807) is 21.5 Å². The summed E-state index contributed by atoms with van der Waals surface area (Å²) in [6.45, 7) is 1.17. The molecule has 0 spiro atoms. The maximum atomic E-state index is 11.6. The summed E-state index contributed by atoms with van der Waals surface area (Å²) in [5.74, 6) is 0.309. The number of hydrogen-bond donors (Lipinski definition) is 0. The number of hydrogen-bond acceptors (Lipinski definition) is 5. The monoisotopic (exact) mass is 321 g/mol. The summed E-state index contributed by atoms with van der Waals surface area (Å²) in [4.78, 5) is 8.61. The first-order chi connectivity index (χ1) is 10.4. The zero-order valence-corrected chi connectivity index (χ0v) is 13.5. The molecule has 2 aromatic heterocycles. The fourth-order valence-electron chi connectivity index (χ4n) is 2.84. The van der Waals surface area contributed by atoms with Gasteiger partial charge in [-0.25, -0.2) is 22.7 Å². The van der Waals surface area contributed by atoms with E-state index in [0.29, 0.717) is 19.0 Å². The first-order valence-electron chi connectivity index (χ1n) is 7.18. The van der Waals surface area contributed by atoms with Crippen molar-refractivity contribution in [3.8, 4) is 11.4 Å². The first kappa shape index (κ1) is 15.1. The molecular weight excluding hydrogens is 302 g/mol. The van der Waals surface area contributed by atoms with E-state index in [0.717, 1.165) is 29.9 Å². The molecule has 1 aliphatic heterocycles. The van der Waals surface area contributed by atoms with Crippen LogP contribution in [0.4, 0.5) is 0 Å². The summed E-state index contributed by atoms with van der Waals surface area (Å²) in [6.07, 6.45) is 6.19.